The van der Waals surface area contributed by atoms with Crippen molar-refractivity contribution in [3.63, 3.8) is 0 Å². The smallest absolute Gasteiger partial charge is 0.241 e. The molecule has 0 saturated carbocycles. The van der Waals surface area contributed by atoms with Crippen molar-refractivity contribution in [2.45, 2.75) is 17.9 Å². The van der Waals surface area contributed by atoms with E-state index in [0.717, 1.165) is 5.56 Å². The van der Waals surface area contributed by atoms with Gasteiger partial charge < -0.3 is 0 Å². The van der Waals surface area contributed by atoms with Crippen molar-refractivity contribution in [3.05, 3.63) is 90.0 Å². The van der Waals surface area contributed by atoms with Crippen LogP contribution in [-0.2, 0) is 10.0 Å². The molecular weight excluding hydrogens is 322 g/mol. The minimum absolute atomic E-state index is 0.213. The van der Waals surface area contributed by atoms with Gasteiger partial charge in [0.05, 0.1) is 16.3 Å². The average molecular weight is 339 g/mol. The van der Waals surface area contributed by atoms with Crippen LogP contribution in [0.2, 0.25) is 0 Å². The third-order valence-electron chi connectivity index (χ3n) is 3.57. The van der Waals surface area contributed by atoms with Gasteiger partial charge in [-0.2, -0.15) is 4.72 Å². The minimum atomic E-state index is -3.70. The molecule has 5 nitrogen and oxygen atoms in total. The molecule has 0 bridgehead atoms. The van der Waals surface area contributed by atoms with Crippen LogP contribution >= 0.6 is 0 Å². The zero-order valence-corrected chi connectivity index (χ0v) is 13.9. The number of hydrogen-bond acceptors (Lipinski definition) is 4. The van der Waals surface area contributed by atoms with Gasteiger partial charge in [-0.3, -0.25) is 9.97 Å². The van der Waals surface area contributed by atoms with Crippen LogP contribution in [0.4, 0.5) is 0 Å². The summed E-state index contributed by atoms with van der Waals surface area (Å²) in [5.74, 6) is 0. The van der Waals surface area contributed by atoms with Crippen LogP contribution in [0.3, 0.4) is 0 Å². The number of aryl methyl sites for hydroxylation is 1. The van der Waals surface area contributed by atoms with Gasteiger partial charge in [0, 0.05) is 12.4 Å². The lowest BCUT2D eigenvalue weighted by Gasteiger charge is -2.18. The molecule has 3 aromatic rings. The summed E-state index contributed by atoms with van der Waals surface area (Å²) in [6.07, 6.45) is 3.26. The highest BCUT2D eigenvalue weighted by atomic mass is 32.2. The molecule has 0 aliphatic carbocycles. The molecule has 0 amide bonds. The number of aromatic nitrogens is 2. The van der Waals surface area contributed by atoms with Gasteiger partial charge in [-0.15, -0.1) is 0 Å². The van der Waals surface area contributed by atoms with Gasteiger partial charge in [-0.05, 0) is 43.3 Å². The van der Waals surface area contributed by atoms with Crippen LogP contribution in [0.25, 0.3) is 0 Å². The lowest BCUT2D eigenvalue weighted by atomic mass is 10.1. The highest BCUT2D eigenvalue weighted by molar-refractivity contribution is 7.89. The molecule has 0 atom stereocenters. The lowest BCUT2D eigenvalue weighted by Crippen LogP contribution is -2.30. The monoisotopic (exact) mass is 339 g/mol. The number of nitrogens with one attached hydrogen (secondary N) is 1. The summed E-state index contributed by atoms with van der Waals surface area (Å²) in [6.45, 7) is 1.91. The van der Waals surface area contributed by atoms with Crippen LogP contribution in [0, 0.1) is 6.92 Å². The van der Waals surface area contributed by atoms with Crippen molar-refractivity contribution >= 4 is 10.0 Å². The lowest BCUT2D eigenvalue weighted by molar-refractivity contribution is 0.567. The SMILES string of the molecule is Cc1ccc(S(=O)(=O)NC(c2ccccn2)c2ccccn2)cc1. The second kappa shape index (κ2) is 6.90. The molecule has 1 N–H and O–H groups in total. The summed E-state index contributed by atoms with van der Waals surface area (Å²) in [4.78, 5) is 8.77. The zero-order valence-electron chi connectivity index (χ0n) is 13.1. The van der Waals surface area contributed by atoms with Gasteiger partial charge in [-0.1, -0.05) is 29.8 Å². The predicted molar refractivity (Wildman–Crippen MR) is 91.8 cm³/mol. The molecule has 1 aromatic carbocycles. The van der Waals surface area contributed by atoms with Crippen LogP contribution in [0.5, 0.6) is 0 Å². The van der Waals surface area contributed by atoms with E-state index in [1.165, 1.54) is 0 Å². The molecule has 122 valence electrons. The van der Waals surface area contributed by atoms with E-state index in [0.29, 0.717) is 11.4 Å². The molecule has 2 heterocycles. The number of nitrogens with zero attached hydrogens (tertiary/aromatic N) is 2. The van der Waals surface area contributed by atoms with Crippen molar-refractivity contribution in [2.75, 3.05) is 0 Å². The zero-order chi connectivity index (χ0) is 17.0. The van der Waals surface area contributed by atoms with E-state index in [1.54, 1.807) is 60.9 Å². The molecule has 2 aromatic heterocycles. The van der Waals surface area contributed by atoms with Crippen LogP contribution in [-0.4, -0.2) is 18.4 Å². The molecule has 0 saturated heterocycles. The maximum atomic E-state index is 12.7. The van der Waals surface area contributed by atoms with Crippen LogP contribution in [0.15, 0.2) is 78.0 Å². The summed E-state index contributed by atoms with van der Waals surface area (Å²) in [6, 6.07) is 16.8. The topological polar surface area (TPSA) is 72.0 Å². The van der Waals surface area contributed by atoms with Crippen molar-refractivity contribution in [1.82, 2.24) is 14.7 Å². The Morgan fingerprint density at radius 1 is 0.833 bits per heavy atom. The van der Waals surface area contributed by atoms with Crippen molar-refractivity contribution in [2.24, 2.45) is 0 Å². The summed E-state index contributed by atoms with van der Waals surface area (Å²) < 4.78 is 28.2. The first kappa shape index (κ1) is 16.3. The fourth-order valence-electron chi connectivity index (χ4n) is 2.31. The minimum Gasteiger partial charge on any atom is -0.259 e. The molecule has 3 rings (SSSR count). The quantitative estimate of drug-likeness (QED) is 0.776. The average Bonchev–Trinajstić information content (AvgIpc) is 2.62. The molecule has 0 radical (unpaired) electrons. The Balaban J connectivity index is 1.99. The van der Waals surface area contributed by atoms with E-state index in [-0.39, 0.29) is 4.90 Å². The highest BCUT2D eigenvalue weighted by Crippen LogP contribution is 2.21. The number of sulfonamides is 1. The molecule has 0 fully saturated rings. The van der Waals surface area contributed by atoms with Gasteiger partial charge >= 0.3 is 0 Å². The van der Waals surface area contributed by atoms with Gasteiger partial charge in [-0.25, -0.2) is 8.42 Å². The summed E-state index contributed by atoms with van der Waals surface area (Å²) >= 11 is 0. The third kappa shape index (κ3) is 3.67. The molecule has 0 spiro atoms. The number of pyridine rings is 2. The van der Waals surface area contributed by atoms with E-state index in [4.69, 9.17) is 0 Å². The van der Waals surface area contributed by atoms with Crippen LogP contribution in [0.1, 0.15) is 23.0 Å². The first-order chi connectivity index (χ1) is 11.6. The maximum Gasteiger partial charge on any atom is 0.241 e. The summed E-state index contributed by atoms with van der Waals surface area (Å²) in [7, 11) is -3.70. The van der Waals surface area contributed by atoms with Gasteiger partial charge in [0.1, 0.15) is 6.04 Å². The Bertz CT molecular complexity index is 857. The second-order valence-electron chi connectivity index (χ2n) is 5.38. The third-order valence-corrected chi connectivity index (χ3v) is 5.01. The Morgan fingerprint density at radius 3 is 1.83 bits per heavy atom. The van der Waals surface area contributed by atoms with E-state index < -0.39 is 16.1 Å². The Hall–Kier alpha value is -2.57. The fourth-order valence-corrected chi connectivity index (χ4v) is 3.49. The standard InChI is InChI=1S/C18H17N3O2S/c1-14-8-10-15(11-9-14)24(22,23)21-18(16-6-2-4-12-19-16)17-7-3-5-13-20-17/h2-13,18,21H,1H3. The largest absolute Gasteiger partial charge is 0.259 e. The Labute approximate surface area is 141 Å². The van der Waals surface area contributed by atoms with Crippen molar-refractivity contribution < 1.29 is 8.42 Å². The van der Waals surface area contributed by atoms with Gasteiger partial charge in [0.25, 0.3) is 0 Å². The second-order valence-corrected chi connectivity index (χ2v) is 7.09. The van der Waals surface area contributed by atoms with Crippen molar-refractivity contribution in [1.29, 1.82) is 0 Å². The maximum absolute atomic E-state index is 12.7. The van der Waals surface area contributed by atoms with Crippen LogP contribution < -0.4 is 4.72 Å². The summed E-state index contributed by atoms with van der Waals surface area (Å²) in [5, 5.41) is 0. The first-order valence-electron chi connectivity index (χ1n) is 7.47. The van der Waals surface area contributed by atoms with Crippen molar-refractivity contribution in [3.8, 4) is 0 Å². The molecular formula is C18H17N3O2S. The Kier molecular flexibility index (Phi) is 4.69. The number of benzene rings is 1. The highest BCUT2D eigenvalue weighted by Gasteiger charge is 2.24. The summed E-state index contributed by atoms with van der Waals surface area (Å²) in [5.41, 5.74) is 2.18. The van der Waals surface area contributed by atoms with Gasteiger partial charge in [0.2, 0.25) is 10.0 Å². The first-order valence-corrected chi connectivity index (χ1v) is 8.95. The van der Waals surface area contributed by atoms with E-state index in [9.17, 15) is 8.42 Å². The normalized spacial score (nSPS) is 11.6. The fraction of sp³-hybridized carbons (Fsp3) is 0.111. The molecule has 6 heteroatoms. The molecule has 0 unspecified atom stereocenters. The number of rotatable bonds is 5. The molecule has 24 heavy (non-hydrogen) atoms. The van der Waals surface area contributed by atoms with Gasteiger partial charge in [0.15, 0.2) is 0 Å². The van der Waals surface area contributed by atoms with E-state index in [1.807, 2.05) is 19.1 Å². The predicted octanol–water partition coefficient (Wildman–Crippen LogP) is 2.85. The number of hydrogen-bond donors (Lipinski definition) is 1. The Morgan fingerprint density at radius 2 is 1.38 bits per heavy atom. The van der Waals surface area contributed by atoms with E-state index >= 15 is 0 Å². The molecule has 0 aliphatic heterocycles. The molecule has 0 aliphatic rings. The van der Waals surface area contributed by atoms with E-state index in [2.05, 4.69) is 14.7 Å².